The number of hydrogen-bond acceptors (Lipinski definition) is 2. The molecular formula is C17H26N2O. The van der Waals surface area contributed by atoms with Crippen molar-refractivity contribution in [1.29, 1.82) is 0 Å². The summed E-state index contributed by atoms with van der Waals surface area (Å²) in [6.45, 7) is 10.7. The van der Waals surface area contributed by atoms with Crippen molar-refractivity contribution in [2.45, 2.75) is 52.5 Å². The second kappa shape index (κ2) is 4.88. The van der Waals surface area contributed by atoms with Gasteiger partial charge in [0.2, 0.25) is 5.91 Å². The summed E-state index contributed by atoms with van der Waals surface area (Å²) in [5, 5.41) is 6.36. The van der Waals surface area contributed by atoms with E-state index in [1.165, 1.54) is 5.56 Å². The molecule has 0 aromatic heterocycles. The van der Waals surface area contributed by atoms with E-state index < -0.39 is 5.41 Å². The first-order chi connectivity index (χ1) is 9.15. The number of carbonyl (C=O) groups is 1. The molecule has 0 aliphatic carbocycles. The molecule has 1 heterocycles. The van der Waals surface area contributed by atoms with Crippen molar-refractivity contribution in [2.75, 3.05) is 12.4 Å². The standard InChI is InChI=1S/C17H26N2O/c1-16(2,3)10-14(18-6)11-7-8-13-12(9-11)17(4,5)15(20)19-13/h7-9,14,18H,10H2,1-6H3,(H,19,20). The van der Waals surface area contributed by atoms with Gasteiger partial charge in [-0.05, 0) is 49.9 Å². The maximum atomic E-state index is 12.0. The molecule has 0 saturated carbocycles. The Morgan fingerprint density at radius 2 is 1.95 bits per heavy atom. The average molecular weight is 274 g/mol. The molecule has 110 valence electrons. The summed E-state index contributed by atoms with van der Waals surface area (Å²) in [5.74, 6) is 0.0847. The third-order valence-electron chi connectivity index (χ3n) is 4.10. The number of benzene rings is 1. The monoisotopic (exact) mass is 274 g/mol. The largest absolute Gasteiger partial charge is 0.325 e. The number of rotatable bonds is 3. The lowest BCUT2D eigenvalue weighted by atomic mass is 9.82. The average Bonchev–Trinajstić information content (AvgIpc) is 2.56. The Hall–Kier alpha value is -1.35. The fourth-order valence-corrected chi connectivity index (χ4v) is 2.80. The van der Waals surface area contributed by atoms with Crippen LogP contribution in [0.25, 0.3) is 0 Å². The maximum absolute atomic E-state index is 12.0. The van der Waals surface area contributed by atoms with Gasteiger partial charge in [-0.2, -0.15) is 0 Å². The van der Waals surface area contributed by atoms with Crippen molar-refractivity contribution >= 4 is 11.6 Å². The number of amides is 1. The van der Waals surface area contributed by atoms with Crippen molar-refractivity contribution in [3.05, 3.63) is 29.3 Å². The molecule has 1 unspecified atom stereocenters. The lowest BCUT2D eigenvalue weighted by molar-refractivity contribution is -0.119. The van der Waals surface area contributed by atoms with Gasteiger partial charge in [-0.1, -0.05) is 32.9 Å². The highest BCUT2D eigenvalue weighted by atomic mass is 16.2. The maximum Gasteiger partial charge on any atom is 0.234 e. The van der Waals surface area contributed by atoms with Crippen molar-refractivity contribution < 1.29 is 4.79 Å². The number of anilines is 1. The van der Waals surface area contributed by atoms with Crippen LogP contribution in [-0.4, -0.2) is 13.0 Å². The van der Waals surface area contributed by atoms with Crippen LogP contribution in [0.15, 0.2) is 18.2 Å². The van der Waals surface area contributed by atoms with Gasteiger partial charge in [0, 0.05) is 11.7 Å². The van der Waals surface area contributed by atoms with Gasteiger partial charge in [0.15, 0.2) is 0 Å². The molecule has 0 bridgehead atoms. The molecule has 1 aliphatic heterocycles. The number of hydrogen-bond donors (Lipinski definition) is 2. The van der Waals surface area contributed by atoms with Crippen LogP contribution >= 0.6 is 0 Å². The van der Waals surface area contributed by atoms with Gasteiger partial charge < -0.3 is 10.6 Å². The molecule has 1 amide bonds. The van der Waals surface area contributed by atoms with Crippen LogP contribution in [0.4, 0.5) is 5.69 Å². The fraction of sp³-hybridized carbons (Fsp3) is 0.588. The third kappa shape index (κ3) is 2.73. The highest BCUT2D eigenvalue weighted by Crippen LogP contribution is 2.39. The molecule has 0 spiro atoms. The number of fused-ring (bicyclic) bond motifs is 1. The predicted molar refractivity (Wildman–Crippen MR) is 84.0 cm³/mol. The molecule has 1 aromatic carbocycles. The lowest BCUT2D eigenvalue weighted by Gasteiger charge is -2.27. The quantitative estimate of drug-likeness (QED) is 0.884. The second-order valence-electron chi connectivity index (χ2n) is 7.49. The first-order valence-corrected chi connectivity index (χ1v) is 7.28. The van der Waals surface area contributed by atoms with Crippen LogP contribution in [0.5, 0.6) is 0 Å². The summed E-state index contributed by atoms with van der Waals surface area (Å²) in [6, 6.07) is 6.64. The molecule has 1 aliphatic rings. The van der Waals surface area contributed by atoms with Gasteiger partial charge in [0.25, 0.3) is 0 Å². The summed E-state index contributed by atoms with van der Waals surface area (Å²) < 4.78 is 0. The van der Waals surface area contributed by atoms with E-state index >= 15 is 0 Å². The van der Waals surface area contributed by atoms with Crippen LogP contribution in [-0.2, 0) is 10.2 Å². The SMILES string of the molecule is CNC(CC(C)(C)C)c1ccc2c(c1)C(C)(C)C(=O)N2. The van der Waals surface area contributed by atoms with E-state index in [0.29, 0.717) is 6.04 Å². The summed E-state index contributed by atoms with van der Waals surface area (Å²) >= 11 is 0. The number of carbonyl (C=O) groups excluding carboxylic acids is 1. The van der Waals surface area contributed by atoms with E-state index in [1.54, 1.807) is 0 Å². The van der Waals surface area contributed by atoms with Crippen LogP contribution < -0.4 is 10.6 Å². The topological polar surface area (TPSA) is 41.1 Å². The normalized spacial score (nSPS) is 18.6. The molecule has 0 radical (unpaired) electrons. The van der Waals surface area contributed by atoms with Crippen molar-refractivity contribution in [3.8, 4) is 0 Å². The molecular weight excluding hydrogens is 248 g/mol. The molecule has 0 fully saturated rings. The minimum Gasteiger partial charge on any atom is -0.325 e. The van der Waals surface area contributed by atoms with Crippen LogP contribution in [0, 0.1) is 5.41 Å². The number of nitrogens with one attached hydrogen (secondary N) is 2. The zero-order valence-corrected chi connectivity index (χ0v) is 13.4. The Labute approximate surface area is 122 Å². The van der Waals surface area contributed by atoms with Gasteiger partial charge in [0.1, 0.15) is 0 Å². The van der Waals surface area contributed by atoms with Gasteiger partial charge in [-0.3, -0.25) is 4.79 Å². The first kappa shape index (κ1) is 15.0. The van der Waals surface area contributed by atoms with Gasteiger partial charge in [0.05, 0.1) is 5.41 Å². The van der Waals surface area contributed by atoms with E-state index in [4.69, 9.17) is 0 Å². The molecule has 20 heavy (non-hydrogen) atoms. The van der Waals surface area contributed by atoms with Gasteiger partial charge in [-0.25, -0.2) is 0 Å². The molecule has 3 nitrogen and oxygen atoms in total. The predicted octanol–water partition coefficient (Wildman–Crippen LogP) is 3.61. The Balaban J connectivity index is 2.36. The van der Waals surface area contributed by atoms with E-state index in [2.05, 4.69) is 43.5 Å². The van der Waals surface area contributed by atoms with Crippen LogP contribution in [0.2, 0.25) is 0 Å². The van der Waals surface area contributed by atoms with Crippen LogP contribution in [0.3, 0.4) is 0 Å². The third-order valence-corrected chi connectivity index (χ3v) is 4.10. The first-order valence-electron chi connectivity index (χ1n) is 7.28. The smallest absolute Gasteiger partial charge is 0.234 e. The summed E-state index contributed by atoms with van der Waals surface area (Å²) in [7, 11) is 2.00. The highest BCUT2D eigenvalue weighted by molar-refractivity contribution is 6.05. The summed E-state index contributed by atoms with van der Waals surface area (Å²) in [5.41, 5.74) is 3.14. The minimum atomic E-state index is -0.439. The van der Waals surface area contributed by atoms with Crippen molar-refractivity contribution in [2.24, 2.45) is 5.41 Å². The van der Waals surface area contributed by atoms with E-state index in [0.717, 1.165) is 17.7 Å². The Morgan fingerprint density at radius 3 is 2.50 bits per heavy atom. The molecule has 2 N–H and O–H groups in total. The van der Waals surface area contributed by atoms with E-state index in [9.17, 15) is 4.79 Å². The second-order valence-corrected chi connectivity index (χ2v) is 7.49. The summed E-state index contributed by atoms with van der Waals surface area (Å²) in [6.07, 6.45) is 1.06. The van der Waals surface area contributed by atoms with Gasteiger partial charge >= 0.3 is 0 Å². The van der Waals surface area contributed by atoms with E-state index in [1.807, 2.05) is 27.0 Å². The van der Waals surface area contributed by atoms with Crippen molar-refractivity contribution in [1.82, 2.24) is 5.32 Å². The lowest BCUT2D eigenvalue weighted by Crippen LogP contribution is -2.27. The molecule has 1 atom stereocenters. The molecule has 1 aromatic rings. The summed E-state index contributed by atoms with van der Waals surface area (Å²) in [4.78, 5) is 12.0. The Kier molecular flexibility index (Phi) is 3.67. The Morgan fingerprint density at radius 1 is 1.30 bits per heavy atom. The highest BCUT2D eigenvalue weighted by Gasteiger charge is 2.38. The van der Waals surface area contributed by atoms with Crippen LogP contribution in [0.1, 0.15) is 58.2 Å². The molecule has 0 saturated heterocycles. The van der Waals surface area contributed by atoms with E-state index in [-0.39, 0.29) is 11.3 Å². The van der Waals surface area contributed by atoms with Gasteiger partial charge in [-0.15, -0.1) is 0 Å². The Bertz CT molecular complexity index is 526. The molecule has 2 rings (SSSR count). The molecule has 3 heteroatoms. The van der Waals surface area contributed by atoms with Crippen molar-refractivity contribution in [3.63, 3.8) is 0 Å². The minimum absolute atomic E-state index is 0.0847. The zero-order chi connectivity index (χ0) is 15.1. The fourth-order valence-electron chi connectivity index (χ4n) is 2.80. The zero-order valence-electron chi connectivity index (χ0n) is 13.4.